The average Bonchev–Trinajstić information content (AvgIpc) is 3.39. The molecule has 0 radical (unpaired) electrons. The third-order valence-corrected chi connectivity index (χ3v) is 8.89. The van der Waals surface area contributed by atoms with Gasteiger partial charge in [-0.15, -0.1) is 0 Å². The maximum absolute atomic E-state index is 13.8. The first kappa shape index (κ1) is 24.4. The van der Waals surface area contributed by atoms with Gasteiger partial charge in [-0.05, 0) is 36.9 Å². The number of pyridine rings is 1. The molecule has 5 rings (SSSR count). The summed E-state index contributed by atoms with van der Waals surface area (Å²) in [5, 5.41) is 9.34. The molecule has 4 aromatic rings. The fourth-order valence-electron chi connectivity index (χ4n) is 5.03. The average molecular weight is 504 g/mol. The molecule has 188 valence electrons. The number of nitrogens with zero attached hydrogens (tertiary/aromatic N) is 7. The lowest BCUT2D eigenvalue weighted by Crippen LogP contribution is -2.32. The van der Waals surface area contributed by atoms with Crippen LogP contribution in [0.1, 0.15) is 44.2 Å². The van der Waals surface area contributed by atoms with Gasteiger partial charge in [0.15, 0.2) is 11.5 Å². The molecule has 0 N–H and O–H groups in total. The Kier molecular flexibility index (Phi) is 6.53. The molecule has 0 saturated heterocycles. The molecule has 1 fully saturated rings. The van der Waals surface area contributed by atoms with Crippen LogP contribution in [0, 0.1) is 17.2 Å². The van der Waals surface area contributed by atoms with E-state index in [2.05, 4.69) is 42.6 Å². The molecule has 4 heterocycles. The van der Waals surface area contributed by atoms with E-state index in [0.717, 1.165) is 25.3 Å². The molecule has 10 heteroatoms. The zero-order valence-corrected chi connectivity index (χ0v) is 22.4. The SMILES string of the molecule is CC1CCCCC1n1c(=O)n(COCC[Si](C)(C)C)c2cnc(-c3cnc4ccc(C#N)cn34)nc21. The predicted molar refractivity (Wildman–Crippen MR) is 141 cm³/mol. The van der Waals surface area contributed by atoms with Gasteiger partial charge >= 0.3 is 5.69 Å². The molecule has 0 amide bonds. The Bertz CT molecular complexity index is 1510. The first-order valence-corrected chi connectivity index (χ1v) is 16.4. The van der Waals surface area contributed by atoms with Crippen molar-refractivity contribution in [3.8, 4) is 17.6 Å². The number of imidazole rings is 2. The minimum absolute atomic E-state index is 0.0897. The summed E-state index contributed by atoms with van der Waals surface area (Å²) in [4.78, 5) is 27.7. The van der Waals surface area contributed by atoms with Crippen LogP contribution in [0.25, 0.3) is 28.3 Å². The molecule has 2 unspecified atom stereocenters. The molecule has 0 bridgehead atoms. The first-order chi connectivity index (χ1) is 17.3. The highest BCUT2D eigenvalue weighted by Gasteiger charge is 2.29. The summed E-state index contributed by atoms with van der Waals surface area (Å²) in [6.45, 7) is 9.99. The second kappa shape index (κ2) is 9.63. The van der Waals surface area contributed by atoms with Crippen molar-refractivity contribution in [1.82, 2.24) is 28.5 Å². The number of aromatic nitrogens is 6. The van der Waals surface area contributed by atoms with Crippen LogP contribution in [-0.2, 0) is 11.5 Å². The van der Waals surface area contributed by atoms with Gasteiger partial charge in [-0.3, -0.25) is 13.5 Å². The predicted octanol–water partition coefficient (Wildman–Crippen LogP) is 4.84. The van der Waals surface area contributed by atoms with E-state index < -0.39 is 8.07 Å². The van der Waals surface area contributed by atoms with Gasteiger partial charge in [0.1, 0.15) is 29.7 Å². The fraction of sp³-hybridized carbons (Fsp3) is 0.500. The normalized spacial score (nSPS) is 18.6. The van der Waals surface area contributed by atoms with E-state index in [9.17, 15) is 10.1 Å². The molecule has 0 aromatic carbocycles. The van der Waals surface area contributed by atoms with Gasteiger partial charge < -0.3 is 4.74 Å². The molecule has 1 aliphatic carbocycles. The molecule has 0 spiro atoms. The van der Waals surface area contributed by atoms with E-state index in [1.54, 1.807) is 35.3 Å². The summed E-state index contributed by atoms with van der Waals surface area (Å²) < 4.78 is 11.3. The van der Waals surface area contributed by atoms with Gasteiger partial charge in [0.25, 0.3) is 0 Å². The van der Waals surface area contributed by atoms with Crippen molar-refractivity contribution in [2.45, 2.75) is 71.1 Å². The molecular weight excluding hydrogens is 470 g/mol. The summed E-state index contributed by atoms with van der Waals surface area (Å²) in [5.74, 6) is 0.856. The standard InChI is InChI=1S/C26H33N7O2Si/c1-18-7-5-6-8-20(18)33-25-22(32(26(33)34)17-35-11-12-36(2,3)4)15-29-24(30-25)21-14-28-23-10-9-19(13-27)16-31(21)23/h9-10,14-16,18,20H,5-8,11-12,17H2,1-4H3. The van der Waals surface area contributed by atoms with Gasteiger partial charge in [-0.25, -0.2) is 19.7 Å². The van der Waals surface area contributed by atoms with Crippen LogP contribution in [0.4, 0.5) is 0 Å². The quantitative estimate of drug-likeness (QED) is 0.264. The van der Waals surface area contributed by atoms with E-state index >= 15 is 0 Å². The Morgan fingerprint density at radius 1 is 1.17 bits per heavy atom. The van der Waals surface area contributed by atoms with Gasteiger partial charge in [0, 0.05) is 26.9 Å². The minimum atomic E-state index is -1.23. The highest BCUT2D eigenvalue weighted by molar-refractivity contribution is 6.76. The van der Waals surface area contributed by atoms with E-state index in [0.29, 0.717) is 46.4 Å². The van der Waals surface area contributed by atoms with E-state index in [1.807, 2.05) is 8.97 Å². The number of rotatable bonds is 7. The van der Waals surface area contributed by atoms with Crippen molar-refractivity contribution in [2.75, 3.05) is 6.61 Å². The van der Waals surface area contributed by atoms with E-state index in [4.69, 9.17) is 9.72 Å². The number of nitriles is 1. The van der Waals surface area contributed by atoms with Crippen molar-refractivity contribution in [1.29, 1.82) is 5.26 Å². The highest BCUT2D eigenvalue weighted by atomic mass is 28.3. The third kappa shape index (κ3) is 4.61. The highest BCUT2D eigenvalue weighted by Crippen LogP contribution is 2.34. The smallest absolute Gasteiger partial charge is 0.332 e. The van der Waals surface area contributed by atoms with E-state index in [1.165, 1.54) is 6.42 Å². The Morgan fingerprint density at radius 2 is 1.97 bits per heavy atom. The lowest BCUT2D eigenvalue weighted by Gasteiger charge is -2.29. The van der Waals surface area contributed by atoms with Crippen molar-refractivity contribution < 1.29 is 4.74 Å². The van der Waals surface area contributed by atoms with Gasteiger partial charge in [-0.2, -0.15) is 5.26 Å². The number of fused-ring (bicyclic) bond motifs is 2. The third-order valence-electron chi connectivity index (χ3n) is 7.18. The van der Waals surface area contributed by atoms with Gasteiger partial charge in [0.2, 0.25) is 0 Å². The van der Waals surface area contributed by atoms with Crippen LogP contribution in [0.2, 0.25) is 25.7 Å². The number of ether oxygens (including phenoxy) is 1. The Hall–Kier alpha value is -3.29. The zero-order valence-electron chi connectivity index (χ0n) is 21.4. The minimum Gasteiger partial charge on any atom is -0.361 e. The van der Waals surface area contributed by atoms with Crippen LogP contribution in [0.15, 0.2) is 35.5 Å². The van der Waals surface area contributed by atoms with E-state index in [-0.39, 0.29) is 18.5 Å². The van der Waals surface area contributed by atoms with Crippen LogP contribution in [-0.4, -0.2) is 43.2 Å². The maximum Gasteiger partial charge on any atom is 0.332 e. The largest absolute Gasteiger partial charge is 0.361 e. The molecule has 1 aliphatic rings. The lowest BCUT2D eigenvalue weighted by atomic mass is 9.86. The summed E-state index contributed by atoms with van der Waals surface area (Å²) in [5.41, 5.74) is 3.13. The van der Waals surface area contributed by atoms with Crippen LogP contribution in [0.3, 0.4) is 0 Å². The molecule has 9 nitrogen and oxygen atoms in total. The fourth-order valence-corrected chi connectivity index (χ4v) is 5.79. The summed E-state index contributed by atoms with van der Waals surface area (Å²) >= 11 is 0. The topological polar surface area (TPSA) is 103 Å². The van der Waals surface area contributed by atoms with Gasteiger partial charge in [0.05, 0.1) is 18.0 Å². The van der Waals surface area contributed by atoms with Crippen molar-refractivity contribution in [2.24, 2.45) is 5.92 Å². The van der Waals surface area contributed by atoms with Crippen LogP contribution >= 0.6 is 0 Å². The van der Waals surface area contributed by atoms with Crippen molar-refractivity contribution in [3.05, 3.63) is 46.8 Å². The van der Waals surface area contributed by atoms with Crippen LogP contribution in [0.5, 0.6) is 0 Å². The second-order valence-corrected chi connectivity index (χ2v) is 16.7. The zero-order chi connectivity index (χ0) is 25.4. The number of hydrogen-bond acceptors (Lipinski definition) is 6. The first-order valence-electron chi connectivity index (χ1n) is 12.7. The second-order valence-electron chi connectivity index (χ2n) is 11.1. The van der Waals surface area contributed by atoms with Crippen molar-refractivity contribution in [3.63, 3.8) is 0 Å². The number of hydrogen-bond donors (Lipinski definition) is 0. The van der Waals surface area contributed by atoms with Crippen molar-refractivity contribution >= 4 is 24.9 Å². The monoisotopic (exact) mass is 503 g/mol. The summed E-state index contributed by atoms with van der Waals surface area (Å²) in [6.07, 6.45) is 9.50. The Labute approximate surface area is 211 Å². The Morgan fingerprint density at radius 3 is 2.72 bits per heavy atom. The maximum atomic E-state index is 13.8. The van der Waals surface area contributed by atoms with Crippen LogP contribution < -0.4 is 5.69 Å². The lowest BCUT2D eigenvalue weighted by molar-refractivity contribution is 0.0863. The van der Waals surface area contributed by atoms with Gasteiger partial charge in [-0.1, -0.05) is 39.4 Å². The molecule has 4 aromatic heterocycles. The molecule has 1 saturated carbocycles. The molecule has 36 heavy (non-hydrogen) atoms. The molecule has 2 atom stereocenters. The molecular formula is C26H33N7O2Si. The summed E-state index contributed by atoms with van der Waals surface area (Å²) in [6, 6.07) is 6.84. The molecule has 0 aliphatic heterocycles. The Balaban J connectivity index is 1.60. The summed E-state index contributed by atoms with van der Waals surface area (Å²) in [7, 11) is -1.23.